The number of aromatic nitrogens is 4. The summed E-state index contributed by atoms with van der Waals surface area (Å²) in [5.74, 6) is -0.599. The molecule has 0 bridgehead atoms. The molecule has 2 aromatic carbocycles. The number of phenols is 1. The largest absolute Gasteiger partial charge is 0.507 e. The van der Waals surface area contributed by atoms with E-state index in [1.807, 2.05) is 12.1 Å². The Hall–Kier alpha value is -4.23. The maximum atomic E-state index is 14.7. The third kappa shape index (κ3) is 3.86. The average molecular weight is 473 g/mol. The highest BCUT2D eigenvalue weighted by molar-refractivity contribution is 6.32. The molecule has 0 saturated carbocycles. The summed E-state index contributed by atoms with van der Waals surface area (Å²) < 4.78 is 17.5. The fraction of sp³-hybridized carbons (Fsp3) is 0.0385. The smallest absolute Gasteiger partial charge is 0.332 e. The number of aromatic hydroxyl groups is 1. The number of rotatable bonds is 4. The predicted molar refractivity (Wildman–Crippen MR) is 130 cm³/mol. The van der Waals surface area contributed by atoms with Gasteiger partial charge in [0.25, 0.3) is 0 Å². The minimum absolute atomic E-state index is 0.0889. The van der Waals surface area contributed by atoms with Crippen molar-refractivity contribution in [2.75, 3.05) is 0 Å². The molecule has 5 aromatic rings. The SMILES string of the molecule is Cn1ccn(-c2ccc(-c3cc(F)cc(-c4ccnc(-c5ccncc5)c4)c3O)cc2Cl)c1=O. The van der Waals surface area contributed by atoms with Gasteiger partial charge in [0.2, 0.25) is 0 Å². The van der Waals surface area contributed by atoms with Gasteiger partial charge in [-0.25, -0.2) is 9.18 Å². The average Bonchev–Trinajstić information content (AvgIpc) is 3.18. The van der Waals surface area contributed by atoms with Gasteiger partial charge in [-0.05, 0) is 59.7 Å². The van der Waals surface area contributed by atoms with Crippen LogP contribution in [0.15, 0.2) is 90.4 Å². The van der Waals surface area contributed by atoms with Crippen LogP contribution in [-0.2, 0) is 7.05 Å². The van der Waals surface area contributed by atoms with Crippen LogP contribution < -0.4 is 5.69 Å². The van der Waals surface area contributed by atoms with Crippen LogP contribution in [0.3, 0.4) is 0 Å². The van der Waals surface area contributed by atoms with Gasteiger partial charge < -0.3 is 9.67 Å². The standard InChI is InChI=1S/C26H18ClFN4O2/c1-31-10-11-32(26(31)34)24-3-2-17(12-22(24)27)20-14-19(28)15-21(25(20)33)18-6-9-30-23(13-18)16-4-7-29-8-5-16/h2-15,33H,1H3. The Bertz CT molecular complexity index is 1580. The molecule has 0 radical (unpaired) electrons. The van der Waals surface area contributed by atoms with Crippen molar-refractivity contribution in [3.63, 3.8) is 0 Å². The van der Waals surface area contributed by atoms with Crippen molar-refractivity contribution in [1.82, 2.24) is 19.1 Å². The third-order valence-electron chi connectivity index (χ3n) is 5.59. The van der Waals surface area contributed by atoms with Crippen LogP contribution in [0.25, 0.3) is 39.2 Å². The summed E-state index contributed by atoms with van der Waals surface area (Å²) in [7, 11) is 1.65. The van der Waals surface area contributed by atoms with Crippen molar-refractivity contribution in [2.24, 2.45) is 7.05 Å². The van der Waals surface area contributed by atoms with Gasteiger partial charge in [0, 0.05) is 54.7 Å². The maximum Gasteiger partial charge on any atom is 0.332 e. The summed E-state index contributed by atoms with van der Waals surface area (Å²) in [6.07, 6.45) is 8.19. The lowest BCUT2D eigenvalue weighted by molar-refractivity contribution is 0.477. The van der Waals surface area contributed by atoms with Gasteiger partial charge in [0.05, 0.1) is 16.4 Å². The number of hydrogen-bond donors (Lipinski definition) is 1. The third-order valence-corrected chi connectivity index (χ3v) is 5.89. The first-order valence-corrected chi connectivity index (χ1v) is 10.7. The zero-order chi connectivity index (χ0) is 23.8. The number of aryl methyl sites for hydroxylation is 1. The molecule has 34 heavy (non-hydrogen) atoms. The topological polar surface area (TPSA) is 72.9 Å². The van der Waals surface area contributed by atoms with Gasteiger partial charge in [-0.2, -0.15) is 0 Å². The lowest BCUT2D eigenvalue weighted by Crippen LogP contribution is -2.20. The van der Waals surface area contributed by atoms with Crippen LogP contribution in [0.5, 0.6) is 5.75 Å². The number of halogens is 2. The van der Waals surface area contributed by atoms with E-state index in [1.54, 1.807) is 68.4 Å². The Kier molecular flexibility index (Phi) is 5.47. The van der Waals surface area contributed by atoms with E-state index in [2.05, 4.69) is 9.97 Å². The molecule has 0 aliphatic carbocycles. The van der Waals surface area contributed by atoms with Crippen LogP contribution in [0.1, 0.15) is 0 Å². The Morgan fingerprint density at radius 2 is 1.56 bits per heavy atom. The molecule has 0 saturated heterocycles. The second-order valence-electron chi connectivity index (χ2n) is 7.74. The molecule has 0 aliphatic heterocycles. The van der Waals surface area contributed by atoms with Crippen molar-refractivity contribution in [2.45, 2.75) is 0 Å². The Labute approximate surface area is 199 Å². The fourth-order valence-electron chi connectivity index (χ4n) is 3.84. The van der Waals surface area contributed by atoms with E-state index >= 15 is 0 Å². The second-order valence-corrected chi connectivity index (χ2v) is 8.15. The van der Waals surface area contributed by atoms with Crippen LogP contribution in [0, 0.1) is 5.82 Å². The molecule has 8 heteroatoms. The van der Waals surface area contributed by atoms with Crippen molar-refractivity contribution in [3.8, 4) is 44.9 Å². The Morgan fingerprint density at radius 3 is 2.21 bits per heavy atom. The van der Waals surface area contributed by atoms with E-state index in [0.717, 1.165) is 5.56 Å². The minimum atomic E-state index is -0.510. The molecule has 0 atom stereocenters. The first-order chi connectivity index (χ1) is 16.4. The summed E-state index contributed by atoms with van der Waals surface area (Å²) in [6.45, 7) is 0. The van der Waals surface area contributed by atoms with Gasteiger partial charge in [-0.1, -0.05) is 17.7 Å². The number of phenolic OH excluding ortho intramolecular Hbond substituents is 1. The highest BCUT2D eigenvalue weighted by Gasteiger charge is 2.16. The zero-order valence-corrected chi connectivity index (χ0v) is 18.7. The molecule has 0 aliphatic rings. The highest BCUT2D eigenvalue weighted by Crippen LogP contribution is 2.40. The summed E-state index contributed by atoms with van der Waals surface area (Å²) in [4.78, 5) is 20.7. The fourth-order valence-corrected chi connectivity index (χ4v) is 4.11. The van der Waals surface area contributed by atoms with Crippen LogP contribution >= 0.6 is 11.6 Å². The number of hydrogen-bond acceptors (Lipinski definition) is 4. The van der Waals surface area contributed by atoms with Crippen LogP contribution in [-0.4, -0.2) is 24.2 Å². The first kappa shape index (κ1) is 21.6. The summed E-state index contributed by atoms with van der Waals surface area (Å²) in [5, 5.41) is 11.4. The monoisotopic (exact) mass is 472 g/mol. The quantitative estimate of drug-likeness (QED) is 0.376. The molecule has 1 N–H and O–H groups in total. The Morgan fingerprint density at radius 1 is 0.882 bits per heavy atom. The van der Waals surface area contributed by atoms with Crippen LogP contribution in [0.4, 0.5) is 4.39 Å². The van der Waals surface area contributed by atoms with Crippen molar-refractivity contribution in [1.29, 1.82) is 0 Å². The van der Waals surface area contributed by atoms with E-state index < -0.39 is 5.82 Å². The van der Waals surface area contributed by atoms with E-state index in [4.69, 9.17) is 11.6 Å². The molecule has 6 nitrogen and oxygen atoms in total. The molecule has 3 aromatic heterocycles. The summed E-state index contributed by atoms with van der Waals surface area (Å²) in [6, 6.07) is 14.6. The molecule has 3 heterocycles. The van der Waals surface area contributed by atoms with Crippen molar-refractivity contribution >= 4 is 11.6 Å². The van der Waals surface area contributed by atoms with E-state index in [9.17, 15) is 14.3 Å². The summed E-state index contributed by atoms with van der Waals surface area (Å²) >= 11 is 6.47. The van der Waals surface area contributed by atoms with Crippen molar-refractivity contribution < 1.29 is 9.50 Å². The lowest BCUT2D eigenvalue weighted by Gasteiger charge is -2.13. The molecule has 0 fully saturated rings. The van der Waals surface area contributed by atoms with E-state index in [-0.39, 0.29) is 17.0 Å². The van der Waals surface area contributed by atoms with Gasteiger partial charge in [0.1, 0.15) is 11.6 Å². The maximum absolute atomic E-state index is 14.7. The number of nitrogens with zero attached hydrogens (tertiary/aromatic N) is 4. The number of pyridine rings is 2. The van der Waals surface area contributed by atoms with Gasteiger partial charge in [0.15, 0.2) is 0 Å². The molecule has 0 unspecified atom stereocenters. The normalized spacial score (nSPS) is 11.0. The number of imidazole rings is 1. The van der Waals surface area contributed by atoms with Crippen LogP contribution in [0.2, 0.25) is 5.02 Å². The van der Waals surface area contributed by atoms with Crippen molar-refractivity contribution in [3.05, 3.63) is 107 Å². The molecule has 0 amide bonds. The highest BCUT2D eigenvalue weighted by atomic mass is 35.5. The molecule has 5 rings (SSSR count). The van der Waals surface area contributed by atoms with Gasteiger partial charge >= 0.3 is 5.69 Å². The molecule has 168 valence electrons. The van der Waals surface area contributed by atoms with Gasteiger partial charge in [-0.3, -0.25) is 14.5 Å². The molecular weight excluding hydrogens is 455 g/mol. The predicted octanol–water partition coefficient (Wildman–Crippen LogP) is 5.47. The molecular formula is C26H18ClFN4O2. The zero-order valence-electron chi connectivity index (χ0n) is 18.0. The van der Waals surface area contributed by atoms with E-state index in [1.165, 1.54) is 21.3 Å². The minimum Gasteiger partial charge on any atom is -0.507 e. The summed E-state index contributed by atoms with van der Waals surface area (Å²) in [5.41, 5.74) is 3.50. The van der Waals surface area contributed by atoms with Gasteiger partial charge in [-0.15, -0.1) is 0 Å². The van der Waals surface area contributed by atoms with E-state index in [0.29, 0.717) is 33.1 Å². The Balaban J connectivity index is 1.59. The number of benzene rings is 2. The lowest BCUT2D eigenvalue weighted by atomic mass is 9.96. The second kappa shape index (κ2) is 8.61. The molecule has 0 spiro atoms. The first-order valence-electron chi connectivity index (χ1n) is 10.4.